The number of carbonyl (C=O) groups excluding carboxylic acids is 1. The van der Waals surface area contributed by atoms with Crippen molar-refractivity contribution in [2.45, 2.75) is 81.3 Å². The lowest BCUT2D eigenvalue weighted by molar-refractivity contribution is -0.274. The van der Waals surface area contributed by atoms with Gasteiger partial charge in [0.1, 0.15) is 17.2 Å². The van der Waals surface area contributed by atoms with Crippen molar-refractivity contribution in [2.75, 3.05) is 7.11 Å². The summed E-state index contributed by atoms with van der Waals surface area (Å²) in [5.41, 5.74) is 1.65. The molecule has 2 aromatic carbocycles. The molecule has 0 saturated heterocycles. The van der Waals surface area contributed by atoms with Crippen molar-refractivity contribution < 1.29 is 41.2 Å². The molecule has 2 heterocycles. The molecule has 4 saturated carbocycles. The molecule has 2 aromatic heterocycles. The van der Waals surface area contributed by atoms with E-state index in [1.54, 1.807) is 30.3 Å². The van der Waals surface area contributed by atoms with Crippen molar-refractivity contribution in [3.05, 3.63) is 71.3 Å². The van der Waals surface area contributed by atoms with Crippen LogP contribution < -0.4 is 4.74 Å². The summed E-state index contributed by atoms with van der Waals surface area (Å²) in [7, 11) is 1.33. The Balaban J connectivity index is 1.08. The fourth-order valence-corrected chi connectivity index (χ4v) is 6.59. The first kappa shape index (κ1) is 28.6. The minimum Gasteiger partial charge on any atom is -0.465 e. The highest BCUT2D eigenvalue weighted by Crippen LogP contribution is 2.55. The Bertz CT molecular complexity index is 1670. The average molecular weight is 610 g/mol. The number of rotatable bonds is 9. The number of nitrogens with zero attached hydrogens (tertiary/aromatic N) is 3. The van der Waals surface area contributed by atoms with Crippen molar-refractivity contribution in [1.82, 2.24) is 15.3 Å². The molecule has 12 heteroatoms. The molecule has 0 spiro atoms. The molecule has 4 aromatic rings. The van der Waals surface area contributed by atoms with E-state index in [9.17, 15) is 18.0 Å². The monoisotopic (exact) mass is 609 g/mol. The van der Waals surface area contributed by atoms with Gasteiger partial charge in [-0.2, -0.15) is 4.98 Å². The van der Waals surface area contributed by atoms with E-state index in [4.69, 9.17) is 23.5 Å². The van der Waals surface area contributed by atoms with Crippen LogP contribution in [0.5, 0.6) is 5.75 Å². The molecule has 0 aliphatic heterocycles. The maximum Gasteiger partial charge on any atom is 0.573 e. The van der Waals surface area contributed by atoms with E-state index < -0.39 is 12.3 Å². The molecule has 230 valence electrons. The fourth-order valence-electron chi connectivity index (χ4n) is 6.59. The van der Waals surface area contributed by atoms with Crippen LogP contribution in [0.3, 0.4) is 0 Å². The Morgan fingerprint density at radius 3 is 2.43 bits per heavy atom. The van der Waals surface area contributed by atoms with Gasteiger partial charge in [-0.05, 0) is 75.6 Å². The summed E-state index contributed by atoms with van der Waals surface area (Å²) in [6.07, 6.45) is 1.75. The normalized spacial score (nSPS) is 23.1. The Hall–Kier alpha value is -4.19. The van der Waals surface area contributed by atoms with Gasteiger partial charge in [-0.3, -0.25) is 0 Å². The quantitative estimate of drug-likeness (QED) is 0.178. The van der Waals surface area contributed by atoms with Gasteiger partial charge in [0.15, 0.2) is 0 Å². The van der Waals surface area contributed by atoms with Crippen LogP contribution in [0.1, 0.15) is 84.9 Å². The molecule has 0 amide bonds. The number of hydrogen-bond donors (Lipinski definition) is 0. The largest absolute Gasteiger partial charge is 0.573 e. The summed E-state index contributed by atoms with van der Waals surface area (Å²) in [6, 6.07) is 12.9. The Morgan fingerprint density at radius 2 is 1.73 bits per heavy atom. The molecule has 4 aliphatic rings. The van der Waals surface area contributed by atoms with Crippen LogP contribution in [0.25, 0.3) is 22.6 Å². The molecule has 0 N–H and O–H groups in total. The van der Waals surface area contributed by atoms with E-state index in [0.717, 1.165) is 51.4 Å². The van der Waals surface area contributed by atoms with Crippen molar-refractivity contribution in [3.63, 3.8) is 0 Å². The Kier molecular flexibility index (Phi) is 6.99. The molecule has 4 fully saturated rings. The van der Waals surface area contributed by atoms with Gasteiger partial charge in [0.2, 0.25) is 11.7 Å². The Morgan fingerprint density at radius 1 is 0.977 bits per heavy atom. The second kappa shape index (κ2) is 10.8. The summed E-state index contributed by atoms with van der Waals surface area (Å²) >= 11 is 0. The van der Waals surface area contributed by atoms with Gasteiger partial charge >= 0.3 is 12.3 Å². The number of aromatic nitrogens is 3. The molecule has 0 unspecified atom stereocenters. The van der Waals surface area contributed by atoms with Gasteiger partial charge in [0, 0.05) is 22.6 Å². The molecule has 4 aliphatic carbocycles. The lowest BCUT2D eigenvalue weighted by Crippen LogP contribution is -2.49. The van der Waals surface area contributed by atoms with Crippen molar-refractivity contribution >= 4 is 5.97 Å². The molecule has 9 nitrogen and oxygen atoms in total. The third-order valence-electron chi connectivity index (χ3n) is 9.26. The second-order valence-electron chi connectivity index (χ2n) is 11.9. The summed E-state index contributed by atoms with van der Waals surface area (Å²) in [6.45, 7) is 0.180. The van der Waals surface area contributed by atoms with E-state index in [-0.39, 0.29) is 34.9 Å². The van der Waals surface area contributed by atoms with Crippen LogP contribution in [0.2, 0.25) is 0 Å². The molecule has 0 radical (unpaired) electrons. The number of para-hydroxylation sites is 1. The molecule has 8 rings (SSSR count). The summed E-state index contributed by atoms with van der Waals surface area (Å²) < 4.78 is 66.7. The van der Waals surface area contributed by atoms with Gasteiger partial charge in [0.25, 0.3) is 0 Å². The van der Waals surface area contributed by atoms with Gasteiger partial charge in [-0.15, -0.1) is 13.2 Å². The average Bonchev–Trinajstić information content (AvgIpc) is 3.58. The van der Waals surface area contributed by atoms with Crippen LogP contribution >= 0.6 is 0 Å². The van der Waals surface area contributed by atoms with Crippen LogP contribution in [-0.4, -0.2) is 40.3 Å². The van der Waals surface area contributed by atoms with E-state index in [2.05, 4.69) is 15.1 Å². The zero-order chi connectivity index (χ0) is 30.5. The topological polar surface area (TPSA) is 110 Å². The SMILES string of the molecule is COC(=O)c1cccc(-c2noc(C34CCC(OCc5c(-c6ccccc6OC(F)(F)F)noc5C5CC5)(CC3)CC4)n2)c1. The first-order chi connectivity index (χ1) is 21.2. The fraction of sp³-hybridized carbons (Fsp3) is 0.438. The standard InChI is InChI=1S/C32H30F3N3O6/c1-40-28(39)21-6-4-5-20(17-21)27-36-29(44-38-27)30-11-14-31(15-12-30,16-13-30)41-18-23-25(37-43-26(23)19-9-10-19)22-7-2-3-8-24(22)42-32(33,34)35/h2-8,17,19H,9-16,18H2,1H3. The smallest absolute Gasteiger partial charge is 0.465 e. The van der Waals surface area contributed by atoms with Crippen molar-refractivity contribution in [1.29, 1.82) is 0 Å². The van der Waals surface area contributed by atoms with E-state index in [1.165, 1.54) is 19.2 Å². The summed E-state index contributed by atoms with van der Waals surface area (Å²) in [5, 5.41) is 8.42. The number of hydrogen-bond acceptors (Lipinski definition) is 9. The van der Waals surface area contributed by atoms with Gasteiger partial charge < -0.3 is 23.3 Å². The number of ether oxygens (including phenoxy) is 3. The Labute approximate surface area is 250 Å². The lowest BCUT2D eigenvalue weighted by atomic mass is 9.58. The second-order valence-corrected chi connectivity index (χ2v) is 11.9. The molecular formula is C32H30F3N3O6. The summed E-state index contributed by atoms with van der Waals surface area (Å²) in [5.74, 6) is 1.10. The molecular weight excluding hydrogens is 579 g/mol. The number of esters is 1. The minimum atomic E-state index is -4.84. The van der Waals surface area contributed by atoms with E-state index in [0.29, 0.717) is 39.9 Å². The highest BCUT2D eigenvalue weighted by Gasteiger charge is 2.53. The van der Waals surface area contributed by atoms with Crippen LogP contribution in [-0.2, 0) is 21.5 Å². The highest BCUT2D eigenvalue weighted by atomic mass is 19.4. The predicted octanol–water partition coefficient (Wildman–Crippen LogP) is 7.52. The summed E-state index contributed by atoms with van der Waals surface area (Å²) in [4.78, 5) is 16.7. The van der Waals surface area contributed by atoms with Crippen molar-refractivity contribution in [2.24, 2.45) is 0 Å². The number of benzene rings is 2. The molecule has 2 bridgehead atoms. The zero-order valence-corrected chi connectivity index (χ0v) is 24.0. The zero-order valence-electron chi connectivity index (χ0n) is 24.0. The third kappa shape index (κ3) is 5.36. The highest BCUT2D eigenvalue weighted by molar-refractivity contribution is 5.90. The van der Waals surface area contributed by atoms with Crippen LogP contribution in [0, 0.1) is 0 Å². The third-order valence-corrected chi connectivity index (χ3v) is 9.26. The first-order valence-electron chi connectivity index (χ1n) is 14.7. The van der Waals surface area contributed by atoms with Crippen LogP contribution in [0.15, 0.2) is 57.6 Å². The number of alkyl halides is 3. The number of fused-ring (bicyclic) bond motifs is 3. The van der Waals surface area contributed by atoms with Gasteiger partial charge in [-0.25, -0.2) is 4.79 Å². The van der Waals surface area contributed by atoms with E-state index in [1.807, 2.05) is 6.07 Å². The van der Waals surface area contributed by atoms with Gasteiger partial charge in [0.05, 0.1) is 30.3 Å². The van der Waals surface area contributed by atoms with Crippen molar-refractivity contribution in [3.8, 4) is 28.4 Å². The first-order valence-corrected chi connectivity index (χ1v) is 14.7. The minimum absolute atomic E-state index is 0.180. The molecule has 0 atom stereocenters. The number of methoxy groups -OCH3 is 1. The molecule has 44 heavy (non-hydrogen) atoms. The van der Waals surface area contributed by atoms with Crippen LogP contribution in [0.4, 0.5) is 13.2 Å². The number of carbonyl (C=O) groups is 1. The lowest BCUT2D eigenvalue weighted by Gasteiger charge is -2.51. The van der Waals surface area contributed by atoms with Gasteiger partial charge in [-0.1, -0.05) is 34.6 Å². The predicted molar refractivity (Wildman–Crippen MR) is 149 cm³/mol. The maximum absolute atomic E-state index is 13.1. The maximum atomic E-state index is 13.1. The van der Waals surface area contributed by atoms with E-state index >= 15 is 0 Å². The number of halogens is 3.